The Bertz CT molecular complexity index is 941. The zero-order valence-electron chi connectivity index (χ0n) is 14.7. The van der Waals surface area contributed by atoms with E-state index in [2.05, 4.69) is 0 Å². The fourth-order valence-corrected chi connectivity index (χ4v) is 4.40. The number of hydrogen-bond acceptors (Lipinski definition) is 2. The van der Waals surface area contributed by atoms with Crippen LogP contribution in [-0.4, -0.2) is 16.6 Å². The molecule has 3 N–H and O–H groups in total. The average molecular weight is 345 g/mol. The highest BCUT2D eigenvalue weighted by Gasteiger charge is 2.59. The zero-order chi connectivity index (χ0) is 18.2. The number of aliphatic hydroxyl groups is 1. The van der Waals surface area contributed by atoms with Crippen molar-refractivity contribution in [2.24, 2.45) is 5.73 Å². The molecule has 0 aliphatic heterocycles. The number of primary amides is 1. The molecule has 0 radical (unpaired) electrons. The predicted molar refractivity (Wildman–Crippen MR) is 104 cm³/mol. The second kappa shape index (κ2) is 6.26. The van der Waals surface area contributed by atoms with Crippen LogP contribution in [0.15, 0.2) is 72.8 Å². The highest BCUT2D eigenvalue weighted by Crippen LogP contribution is 2.51. The molecule has 26 heavy (non-hydrogen) atoms. The Labute approximate surface area is 153 Å². The van der Waals surface area contributed by atoms with Gasteiger partial charge in [0.25, 0.3) is 0 Å². The molecule has 1 saturated carbocycles. The van der Waals surface area contributed by atoms with Crippen LogP contribution >= 0.6 is 0 Å². The van der Waals surface area contributed by atoms with Gasteiger partial charge in [-0.1, -0.05) is 72.8 Å². The molecule has 0 spiro atoms. The van der Waals surface area contributed by atoms with Gasteiger partial charge in [-0.25, -0.2) is 0 Å². The second-order valence-corrected chi connectivity index (χ2v) is 7.34. The molecule has 1 fully saturated rings. The van der Waals surface area contributed by atoms with E-state index in [4.69, 9.17) is 5.73 Å². The van der Waals surface area contributed by atoms with E-state index in [9.17, 15) is 9.90 Å². The predicted octanol–water partition coefficient (Wildman–Crippen LogP) is 3.72. The maximum Gasteiger partial charge on any atom is 0.231 e. The van der Waals surface area contributed by atoms with Crippen LogP contribution in [0.3, 0.4) is 0 Å². The minimum Gasteiger partial charge on any atom is -0.388 e. The molecule has 3 heteroatoms. The first-order chi connectivity index (χ1) is 12.6. The molecule has 3 aromatic carbocycles. The summed E-state index contributed by atoms with van der Waals surface area (Å²) < 4.78 is 0. The molecule has 3 nitrogen and oxygen atoms in total. The lowest BCUT2D eigenvalue weighted by atomic mass is 9.55. The van der Waals surface area contributed by atoms with E-state index in [0.29, 0.717) is 19.3 Å². The molecule has 0 saturated heterocycles. The molecule has 132 valence electrons. The van der Waals surface area contributed by atoms with Gasteiger partial charge in [0.2, 0.25) is 5.91 Å². The lowest BCUT2D eigenvalue weighted by Crippen LogP contribution is -2.63. The summed E-state index contributed by atoms with van der Waals surface area (Å²) >= 11 is 0. The van der Waals surface area contributed by atoms with Crippen molar-refractivity contribution in [3.63, 3.8) is 0 Å². The molecule has 0 heterocycles. The van der Waals surface area contributed by atoms with E-state index in [-0.39, 0.29) is 0 Å². The van der Waals surface area contributed by atoms with E-state index < -0.39 is 16.9 Å². The van der Waals surface area contributed by atoms with Crippen molar-refractivity contribution in [2.45, 2.75) is 36.7 Å². The Hall–Kier alpha value is -2.65. The van der Waals surface area contributed by atoms with Crippen molar-refractivity contribution in [1.29, 1.82) is 0 Å². The first-order valence-corrected chi connectivity index (χ1v) is 9.11. The standard InChI is InChI=1S/C23H23NO2/c24-21(25)23(22(26)14-7-15-22,16-17-8-2-1-3-9-17)20-13-6-11-18-10-4-5-12-19(18)20/h1-6,8-13,26H,7,14-16H2,(H2,24,25). The summed E-state index contributed by atoms with van der Waals surface area (Å²) in [6, 6.07) is 23.7. The normalized spacial score (nSPS) is 18.0. The fraction of sp³-hybridized carbons (Fsp3) is 0.261. The minimum atomic E-state index is -1.15. The fourth-order valence-electron chi connectivity index (χ4n) is 4.40. The summed E-state index contributed by atoms with van der Waals surface area (Å²) in [5, 5.41) is 13.5. The molecule has 1 aliphatic carbocycles. The van der Waals surface area contributed by atoms with Crippen LogP contribution in [0.1, 0.15) is 30.4 Å². The molecular formula is C23H23NO2. The molecule has 0 aromatic heterocycles. The van der Waals surface area contributed by atoms with Crippen LogP contribution in [0.5, 0.6) is 0 Å². The maximum atomic E-state index is 13.0. The first-order valence-electron chi connectivity index (χ1n) is 9.11. The van der Waals surface area contributed by atoms with Gasteiger partial charge < -0.3 is 10.8 Å². The molecule has 4 rings (SSSR count). The Morgan fingerprint density at radius 1 is 0.962 bits per heavy atom. The van der Waals surface area contributed by atoms with Gasteiger partial charge in [-0.3, -0.25) is 4.79 Å². The maximum absolute atomic E-state index is 13.0. The molecular weight excluding hydrogens is 322 g/mol. The van der Waals surface area contributed by atoms with E-state index in [1.54, 1.807) is 0 Å². The molecule has 1 atom stereocenters. The van der Waals surface area contributed by atoms with Gasteiger partial charge in [0.05, 0.1) is 5.60 Å². The number of rotatable bonds is 5. The SMILES string of the molecule is NC(=O)C(Cc1ccccc1)(c1cccc2ccccc12)C1(O)CCC1. The van der Waals surface area contributed by atoms with Gasteiger partial charge in [-0.2, -0.15) is 0 Å². The smallest absolute Gasteiger partial charge is 0.231 e. The number of benzene rings is 3. The quantitative estimate of drug-likeness (QED) is 0.740. The van der Waals surface area contributed by atoms with Gasteiger partial charge >= 0.3 is 0 Å². The Morgan fingerprint density at radius 2 is 1.62 bits per heavy atom. The van der Waals surface area contributed by atoms with E-state index in [1.807, 2.05) is 72.8 Å². The third kappa shape index (κ3) is 2.43. The third-order valence-corrected chi connectivity index (χ3v) is 5.96. The van der Waals surface area contributed by atoms with Crippen LogP contribution in [-0.2, 0) is 16.6 Å². The summed E-state index contributed by atoms with van der Waals surface area (Å²) in [6.45, 7) is 0. The van der Waals surface area contributed by atoms with E-state index in [1.165, 1.54) is 0 Å². The summed E-state index contributed by atoms with van der Waals surface area (Å²) in [7, 11) is 0. The first kappa shape index (κ1) is 16.8. The lowest BCUT2D eigenvalue weighted by molar-refractivity contribution is -0.147. The van der Waals surface area contributed by atoms with Crippen molar-refractivity contribution in [3.05, 3.63) is 83.9 Å². The minimum absolute atomic E-state index is 0.397. The number of nitrogens with two attached hydrogens (primary N) is 1. The molecule has 0 bridgehead atoms. The van der Waals surface area contributed by atoms with E-state index >= 15 is 0 Å². The monoisotopic (exact) mass is 345 g/mol. The number of carbonyl (C=O) groups excluding carboxylic acids is 1. The van der Waals surface area contributed by atoms with Crippen LogP contribution < -0.4 is 5.73 Å². The van der Waals surface area contributed by atoms with Crippen LogP contribution in [0.2, 0.25) is 0 Å². The van der Waals surface area contributed by atoms with Crippen molar-refractivity contribution in [2.75, 3.05) is 0 Å². The highest BCUT2D eigenvalue weighted by atomic mass is 16.3. The topological polar surface area (TPSA) is 63.3 Å². The van der Waals surface area contributed by atoms with Gasteiger partial charge in [-0.15, -0.1) is 0 Å². The highest BCUT2D eigenvalue weighted by molar-refractivity contribution is 5.96. The summed E-state index contributed by atoms with van der Waals surface area (Å²) in [4.78, 5) is 13.0. The molecule has 1 unspecified atom stereocenters. The Kier molecular flexibility index (Phi) is 4.04. The van der Waals surface area contributed by atoms with Crippen molar-refractivity contribution in [1.82, 2.24) is 0 Å². The lowest BCUT2D eigenvalue weighted by Gasteiger charge is -2.51. The molecule has 1 amide bonds. The summed E-state index contributed by atoms with van der Waals surface area (Å²) in [6.07, 6.45) is 2.48. The number of amides is 1. The number of fused-ring (bicyclic) bond motifs is 1. The van der Waals surface area contributed by atoms with Crippen LogP contribution in [0.25, 0.3) is 10.8 Å². The van der Waals surface area contributed by atoms with Gasteiger partial charge in [-0.05, 0) is 47.6 Å². The van der Waals surface area contributed by atoms with E-state index in [0.717, 1.165) is 28.3 Å². The van der Waals surface area contributed by atoms with Crippen LogP contribution in [0.4, 0.5) is 0 Å². The third-order valence-electron chi connectivity index (χ3n) is 5.96. The average Bonchev–Trinajstić information content (AvgIpc) is 2.64. The summed E-state index contributed by atoms with van der Waals surface area (Å²) in [5.74, 6) is -0.458. The second-order valence-electron chi connectivity index (χ2n) is 7.34. The van der Waals surface area contributed by atoms with Gasteiger partial charge in [0, 0.05) is 0 Å². The van der Waals surface area contributed by atoms with Crippen LogP contribution in [0, 0.1) is 0 Å². The number of hydrogen-bond donors (Lipinski definition) is 2. The molecule has 1 aliphatic rings. The summed E-state index contributed by atoms with van der Waals surface area (Å²) in [5.41, 5.74) is 5.61. The molecule has 3 aromatic rings. The Morgan fingerprint density at radius 3 is 2.27 bits per heavy atom. The zero-order valence-corrected chi connectivity index (χ0v) is 14.7. The number of carbonyl (C=O) groups is 1. The van der Waals surface area contributed by atoms with Gasteiger partial charge in [0.15, 0.2) is 0 Å². The largest absolute Gasteiger partial charge is 0.388 e. The van der Waals surface area contributed by atoms with Crippen molar-refractivity contribution >= 4 is 16.7 Å². The van der Waals surface area contributed by atoms with Crippen molar-refractivity contribution in [3.8, 4) is 0 Å². The van der Waals surface area contributed by atoms with Gasteiger partial charge in [0.1, 0.15) is 5.41 Å². The Balaban J connectivity index is 1.99. The van der Waals surface area contributed by atoms with Crippen molar-refractivity contribution < 1.29 is 9.90 Å².